The van der Waals surface area contributed by atoms with Crippen LogP contribution in [0.3, 0.4) is 0 Å². The monoisotopic (exact) mass is 270 g/mol. The Hall–Kier alpha value is -2.31. The van der Waals surface area contributed by atoms with Crippen molar-refractivity contribution in [3.8, 4) is 5.75 Å². The molecule has 1 heterocycles. The predicted molar refractivity (Wildman–Crippen MR) is 63.7 cm³/mol. The summed E-state index contributed by atoms with van der Waals surface area (Å²) in [5.74, 6) is -3.22. The Morgan fingerprint density at radius 3 is 2.63 bits per heavy atom. The second-order valence-electron chi connectivity index (χ2n) is 3.64. The molecule has 1 N–H and O–H groups in total. The maximum absolute atomic E-state index is 11.9. The largest absolute Gasteiger partial charge is 0.486 e. The molecule has 0 atom stereocenters. The first-order valence-corrected chi connectivity index (χ1v) is 5.63. The van der Waals surface area contributed by atoms with Crippen molar-refractivity contribution in [1.82, 2.24) is 0 Å². The molecular weight excluding hydrogens is 256 g/mol. The van der Waals surface area contributed by atoms with Gasteiger partial charge in [0.2, 0.25) is 11.2 Å². The van der Waals surface area contributed by atoms with Crippen LogP contribution in [0, 0.1) is 0 Å². The van der Waals surface area contributed by atoms with E-state index < -0.39 is 34.4 Å². The molecule has 19 heavy (non-hydrogen) atoms. The molecule has 1 rings (SSSR count). The molecule has 0 amide bonds. The number of carbonyl (C=O) groups excluding carboxylic acids is 1. The molecule has 7 nitrogen and oxygen atoms in total. The lowest BCUT2D eigenvalue weighted by Crippen LogP contribution is -2.21. The summed E-state index contributed by atoms with van der Waals surface area (Å²) in [6, 6.07) is 0. The fourth-order valence-electron chi connectivity index (χ4n) is 1.28. The maximum Gasteiger partial charge on any atom is 0.378 e. The van der Waals surface area contributed by atoms with Gasteiger partial charge in [-0.05, 0) is 6.42 Å². The van der Waals surface area contributed by atoms with Crippen molar-refractivity contribution >= 4 is 11.9 Å². The van der Waals surface area contributed by atoms with Crippen molar-refractivity contribution in [2.24, 2.45) is 0 Å². The SMILES string of the molecule is CCCCOc1c(C(=O)OC)occ(C(=O)O)c1=O. The number of rotatable bonds is 6. The highest BCUT2D eigenvalue weighted by atomic mass is 16.5. The van der Waals surface area contributed by atoms with Crippen molar-refractivity contribution < 1.29 is 28.6 Å². The predicted octanol–water partition coefficient (Wildman–Crippen LogP) is 1.30. The summed E-state index contributed by atoms with van der Waals surface area (Å²) in [7, 11) is 1.11. The van der Waals surface area contributed by atoms with Crippen LogP contribution in [0.15, 0.2) is 15.5 Å². The molecule has 0 bridgehead atoms. The van der Waals surface area contributed by atoms with Gasteiger partial charge < -0.3 is 19.0 Å². The van der Waals surface area contributed by atoms with E-state index in [4.69, 9.17) is 14.3 Å². The van der Waals surface area contributed by atoms with Crippen LogP contribution >= 0.6 is 0 Å². The van der Waals surface area contributed by atoms with Gasteiger partial charge in [-0.1, -0.05) is 13.3 Å². The van der Waals surface area contributed by atoms with Gasteiger partial charge in [0.05, 0.1) is 13.7 Å². The fourth-order valence-corrected chi connectivity index (χ4v) is 1.28. The van der Waals surface area contributed by atoms with E-state index in [0.29, 0.717) is 12.7 Å². The number of carboxylic acids is 1. The topological polar surface area (TPSA) is 103 Å². The van der Waals surface area contributed by atoms with Gasteiger partial charge in [0.15, 0.2) is 0 Å². The molecule has 0 aliphatic rings. The highest BCUT2D eigenvalue weighted by molar-refractivity contribution is 5.92. The Balaban J connectivity index is 3.25. The van der Waals surface area contributed by atoms with E-state index in [-0.39, 0.29) is 6.61 Å². The molecule has 0 aliphatic heterocycles. The van der Waals surface area contributed by atoms with Gasteiger partial charge >= 0.3 is 11.9 Å². The van der Waals surface area contributed by atoms with E-state index in [0.717, 1.165) is 13.5 Å². The zero-order valence-corrected chi connectivity index (χ0v) is 10.6. The van der Waals surface area contributed by atoms with Crippen LogP contribution in [0.5, 0.6) is 5.75 Å². The van der Waals surface area contributed by atoms with Crippen LogP contribution < -0.4 is 10.2 Å². The molecule has 0 radical (unpaired) electrons. The van der Waals surface area contributed by atoms with Crippen molar-refractivity contribution in [3.63, 3.8) is 0 Å². The van der Waals surface area contributed by atoms with Gasteiger partial charge in [-0.15, -0.1) is 0 Å². The fraction of sp³-hybridized carbons (Fsp3) is 0.417. The van der Waals surface area contributed by atoms with Crippen LogP contribution in [0.4, 0.5) is 0 Å². The number of unbranched alkanes of at least 4 members (excludes halogenated alkanes) is 1. The number of hydrogen-bond acceptors (Lipinski definition) is 6. The van der Waals surface area contributed by atoms with Crippen molar-refractivity contribution in [2.45, 2.75) is 19.8 Å². The van der Waals surface area contributed by atoms with Crippen LogP contribution in [0.25, 0.3) is 0 Å². The molecule has 0 unspecified atom stereocenters. The first-order chi connectivity index (χ1) is 9.02. The molecule has 7 heteroatoms. The molecule has 0 aliphatic carbocycles. The van der Waals surface area contributed by atoms with Gasteiger partial charge in [0.1, 0.15) is 11.8 Å². The highest BCUT2D eigenvalue weighted by Crippen LogP contribution is 2.16. The lowest BCUT2D eigenvalue weighted by molar-refractivity contribution is 0.0548. The van der Waals surface area contributed by atoms with Crippen molar-refractivity contribution in [2.75, 3.05) is 13.7 Å². The smallest absolute Gasteiger partial charge is 0.378 e. The summed E-state index contributed by atoms with van der Waals surface area (Å²) in [6.07, 6.45) is 2.17. The average Bonchev–Trinajstić information content (AvgIpc) is 2.39. The minimum Gasteiger partial charge on any atom is -0.486 e. The van der Waals surface area contributed by atoms with Gasteiger partial charge in [0.25, 0.3) is 5.76 Å². The molecule has 0 fully saturated rings. The molecule has 104 valence electrons. The average molecular weight is 270 g/mol. The van der Waals surface area contributed by atoms with E-state index in [1.807, 2.05) is 6.92 Å². The summed E-state index contributed by atoms with van der Waals surface area (Å²) in [6.45, 7) is 2.09. The Morgan fingerprint density at radius 2 is 2.11 bits per heavy atom. The van der Waals surface area contributed by atoms with E-state index in [1.165, 1.54) is 0 Å². The lowest BCUT2D eigenvalue weighted by atomic mass is 10.2. The minimum atomic E-state index is -1.45. The first-order valence-electron chi connectivity index (χ1n) is 5.63. The van der Waals surface area contributed by atoms with Crippen molar-refractivity contribution in [1.29, 1.82) is 0 Å². The van der Waals surface area contributed by atoms with Crippen LogP contribution in [0.1, 0.15) is 40.7 Å². The molecule has 0 spiro atoms. The van der Waals surface area contributed by atoms with Gasteiger partial charge in [-0.3, -0.25) is 4.79 Å². The maximum atomic E-state index is 11.9. The Morgan fingerprint density at radius 1 is 1.42 bits per heavy atom. The Kier molecular flexibility index (Phi) is 5.11. The molecule has 1 aromatic rings. The minimum absolute atomic E-state index is 0.175. The van der Waals surface area contributed by atoms with Crippen LogP contribution in [0.2, 0.25) is 0 Å². The second kappa shape index (κ2) is 6.58. The second-order valence-corrected chi connectivity index (χ2v) is 3.64. The Labute approximate surface area is 108 Å². The van der Waals surface area contributed by atoms with E-state index in [2.05, 4.69) is 4.74 Å². The van der Waals surface area contributed by atoms with Gasteiger partial charge in [0, 0.05) is 0 Å². The number of hydrogen-bond donors (Lipinski definition) is 1. The normalized spacial score (nSPS) is 10.0. The lowest BCUT2D eigenvalue weighted by Gasteiger charge is -2.08. The van der Waals surface area contributed by atoms with E-state index in [1.54, 1.807) is 0 Å². The van der Waals surface area contributed by atoms with E-state index in [9.17, 15) is 14.4 Å². The zero-order chi connectivity index (χ0) is 14.4. The number of ether oxygens (including phenoxy) is 2. The standard InChI is InChI=1S/C12H14O7/c1-3-4-5-18-9-8(13)7(11(14)15)6-19-10(9)12(16)17-2/h6H,3-5H2,1-2H3,(H,14,15). The Bertz CT molecular complexity index is 529. The molecular formula is C12H14O7. The molecule has 0 saturated heterocycles. The van der Waals surface area contributed by atoms with E-state index >= 15 is 0 Å². The van der Waals surface area contributed by atoms with Crippen molar-refractivity contribution in [3.05, 3.63) is 27.8 Å². The third-order valence-corrected chi connectivity index (χ3v) is 2.30. The summed E-state index contributed by atoms with van der Waals surface area (Å²) in [4.78, 5) is 34.1. The molecule has 1 aromatic heterocycles. The number of aromatic carboxylic acids is 1. The number of methoxy groups -OCH3 is 1. The summed E-state index contributed by atoms with van der Waals surface area (Å²) >= 11 is 0. The quantitative estimate of drug-likeness (QED) is 0.613. The highest BCUT2D eigenvalue weighted by Gasteiger charge is 2.24. The first kappa shape index (κ1) is 14.7. The number of carboxylic acid groups (broad SMARTS) is 1. The number of esters is 1. The molecule has 0 aromatic carbocycles. The van der Waals surface area contributed by atoms with Gasteiger partial charge in [-0.25, -0.2) is 9.59 Å². The third-order valence-electron chi connectivity index (χ3n) is 2.30. The van der Waals surface area contributed by atoms with Crippen LogP contribution in [-0.2, 0) is 4.74 Å². The van der Waals surface area contributed by atoms with Gasteiger partial charge in [-0.2, -0.15) is 0 Å². The zero-order valence-electron chi connectivity index (χ0n) is 10.6. The van der Waals surface area contributed by atoms with Crippen LogP contribution in [-0.4, -0.2) is 30.8 Å². The summed E-state index contributed by atoms with van der Waals surface area (Å²) in [5.41, 5.74) is -1.51. The summed E-state index contributed by atoms with van der Waals surface area (Å²) in [5, 5.41) is 8.82. The molecule has 0 saturated carbocycles. The number of carbonyl (C=O) groups is 2. The third kappa shape index (κ3) is 3.34. The summed E-state index contributed by atoms with van der Waals surface area (Å²) < 4.78 is 14.4.